The number of thioether (sulfide) groups is 1. The van der Waals surface area contributed by atoms with Crippen LogP contribution in [0.25, 0.3) is 0 Å². The Balaban J connectivity index is 0.00000162. The van der Waals surface area contributed by atoms with Crippen LogP contribution in [0.2, 0.25) is 0 Å². The third-order valence-electron chi connectivity index (χ3n) is 3.11. The molecular weight excluding hydrogens is 361 g/mol. The number of halogens is 1. The van der Waals surface area contributed by atoms with Crippen LogP contribution >= 0.6 is 35.7 Å². The molecule has 0 bridgehead atoms. The van der Waals surface area contributed by atoms with Gasteiger partial charge in [0.25, 0.3) is 0 Å². The summed E-state index contributed by atoms with van der Waals surface area (Å²) in [4.78, 5) is 6.59. The zero-order valence-corrected chi connectivity index (χ0v) is 14.0. The van der Waals surface area contributed by atoms with Gasteiger partial charge in [0.1, 0.15) is 0 Å². The summed E-state index contributed by atoms with van der Waals surface area (Å²) in [5.41, 5.74) is 5.95. The Morgan fingerprint density at radius 1 is 1.33 bits per heavy atom. The van der Waals surface area contributed by atoms with Crippen molar-refractivity contribution in [3.63, 3.8) is 0 Å². The van der Waals surface area contributed by atoms with Crippen LogP contribution in [-0.2, 0) is 4.74 Å². The fourth-order valence-corrected chi connectivity index (χ4v) is 2.69. The van der Waals surface area contributed by atoms with E-state index in [0.717, 1.165) is 45.2 Å². The van der Waals surface area contributed by atoms with Gasteiger partial charge in [-0.25, -0.2) is 0 Å². The van der Waals surface area contributed by atoms with Gasteiger partial charge in [0.05, 0.1) is 0 Å². The number of rotatable bonds is 6. The van der Waals surface area contributed by atoms with Gasteiger partial charge in [0.15, 0.2) is 5.96 Å². The minimum Gasteiger partial charge on any atom is -0.381 e. The van der Waals surface area contributed by atoms with Crippen LogP contribution in [0.4, 0.5) is 0 Å². The Morgan fingerprint density at radius 2 is 2.06 bits per heavy atom. The summed E-state index contributed by atoms with van der Waals surface area (Å²) in [6.07, 6.45) is 3.70. The van der Waals surface area contributed by atoms with Gasteiger partial charge in [0, 0.05) is 44.4 Å². The Bertz CT molecular complexity index is 256. The molecule has 6 heteroatoms. The summed E-state index contributed by atoms with van der Waals surface area (Å²) in [5, 5.41) is 0. The summed E-state index contributed by atoms with van der Waals surface area (Å²) in [6.45, 7) is 4.64. The lowest BCUT2D eigenvalue weighted by Gasteiger charge is -2.27. The molecule has 4 nitrogen and oxygen atoms in total. The molecule has 106 valence electrons. The van der Waals surface area contributed by atoms with Crippen molar-refractivity contribution >= 4 is 41.7 Å². The second-order valence-corrected chi connectivity index (χ2v) is 5.94. The first-order valence-electron chi connectivity index (χ1n) is 6.56. The predicted molar refractivity (Wildman–Crippen MR) is 89.0 cm³/mol. The molecule has 1 saturated carbocycles. The Labute approximate surface area is 131 Å². The molecule has 0 aromatic rings. The highest BCUT2D eigenvalue weighted by Crippen LogP contribution is 2.28. The summed E-state index contributed by atoms with van der Waals surface area (Å²) >= 11 is 1.99. The van der Waals surface area contributed by atoms with Crippen molar-refractivity contribution in [3.05, 3.63) is 0 Å². The average molecular weight is 385 g/mol. The van der Waals surface area contributed by atoms with E-state index in [0.29, 0.717) is 5.96 Å². The number of nitrogens with two attached hydrogens (primary N) is 1. The molecule has 2 N–H and O–H groups in total. The Morgan fingerprint density at radius 3 is 2.72 bits per heavy atom. The van der Waals surface area contributed by atoms with Gasteiger partial charge in [-0.15, -0.1) is 24.0 Å². The van der Waals surface area contributed by atoms with Crippen LogP contribution in [0.15, 0.2) is 4.99 Å². The second-order valence-electron chi connectivity index (χ2n) is 4.71. The van der Waals surface area contributed by atoms with Crippen molar-refractivity contribution < 1.29 is 4.74 Å². The van der Waals surface area contributed by atoms with Gasteiger partial charge >= 0.3 is 0 Å². The molecule has 18 heavy (non-hydrogen) atoms. The van der Waals surface area contributed by atoms with Gasteiger partial charge in [-0.3, -0.25) is 4.99 Å². The topological polar surface area (TPSA) is 50.9 Å². The molecule has 0 unspecified atom stereocenters. The fourth-order valence-electron chi connectivity index (χ4n) is 1.79. The number of guanidine groups is 1. The number of hydrogen-bond donors (Lipinski definition) is 1. The maximum Gasteiger partial charge on any atom is 0.191 e. The van der Waals surface area contributed by atoms with Gasteiger partial charge < -0.3 is 15.4 Å². The lowest BCUT2D eigenvalue weighted by atomic mass is 10.4. The van der Waals surface area contributed by atoms with E-state index < -0.39 is 0 Å². The maximum atomic E-state index is 5.95. The first-order valence-corrected chi connectivity index (χ1v) is 7.72. The summed E-state index contributed by atoms with van der Waals surface area (Å²) < 4.78 is 5.56. The number of aliphatic imine (C=N–C) groups is 1. The molecule has 2 aliphatic rings. The lowest BCUT2D eigenvalue weighted by molar-refractivity contribution is 0.123. The van der Waals surface area contributed by atoms with E-state index in [4.69, 9.17) is 10.5 Å². The van der Waals surface area contributed by atoms with Crippen molar-refractivity contribution in [1.82, 2.24) is 4.90 Å². The molecule has 0 amide bonds. The van der Waals surface area contributed by atoms with E-state index in [-0.39, 0.29) is 24.0 Å². The molecular formula is C12H24IN3OS. The first kappa shape index (κ1) is 16.4. The van der Waals surface area contributed by atoms with E-state index in [9.17, 15) is 0 Å². The lowest BCUT2D eigenvalue weighted by Crippen LogP contribution is -2.42. The van der Waals surface area contributed by atoms with E-state index in [1.54, 1.807) is 0 Å². The van der Waals surface area contributed by atoms with Gasteiger partial charge in [-0.05, 0) is 25.2 Å². The van der Waals surface area contributed by atoms with Crippen molar-refractivity contribution in [2.24, 2.45) is 16.6 Å². The van der Waals surface area contributed by atoms with Crippen LogP contribution < -0.4 is 5.73 Å². The smallest absolute Gasteiger partial charge is 0.191 e. The summed E-state index contributed by atoms with van der Waals surface area (Å²) in [7, 11) is 0. The van der Waals surface area contributed by atoms with E-state index in [2.05, 4.69) is 9.89 Å². The fraction of sp³-hybridized carbons (Fsp3) is 0.917. The molecule has 1 aliphatic heterocycles. The Hall–Kier alpha value is 0.310. The minimum absolute atomic E-state index is 0. The van der Waals surface area contributed by atoms with Crippen molar-refractivity contribution in [3.8, 4) is 0 Å². The highest BCUT2D eigenvalue weighted by molar-refractivity contribution is 14.0. The number of ether oxygens (including phenoxy) is 1. The van der Waals surface area contributed by atoms with Crippen molar-refractivity contribution in [1.29, 1.82) is 0 Å². The zero-order chi connectivity index (χ0) is 11.9. The van der Waals surface area contributed by atoms with Crippen LogP contribution in [-0.4, -0.2) is 55.2 Å². The highest BCUT2D eigenvalue weighted by atomic mass is 127. The van der Waals surface area contributed by atoms with Gasteiger partial charge in [-0.1, -0.05) is 0 Å². The minimum atomic E-state index is 0. The average Bonchev–Trinajstić information content (AvgIpc) is 3.18. The molecule has 2 rings (SSSR count). The van der Waals surface area contributed by atoms with E-state index in [1.165, 1.54) is 24.3 Å². The maximum absolute atomic E-state index is 5.95. The molecule has 0 aromatic heterocycles. The molecule has 1 aliphatic carbocycles. The SMILES string of the molecule is I.NC(=NCCCOCC1CC1)N1CCSCC1. The van der Waals surface area contributed by atoms with Crippen molar-refractivity contribution in [2.45, 2.75) is 19.3 Å². The first-order chi connectivity index (χ1) is 8.36. The summed E-state index contributed by atoms with van der Waals surface area (Å²) in [6, 6.07) is 0. The van der Waals surface area contributed by atoms with Gasteiger partial charge in [0.2, 0.25) is 0 Å². The standard InChI is InChI=1S/C12H23N3OS.HI/c13-12(15-5-8-17-9-6-15)14-4-1-7-16-10-11-2-3-11;/h11H,1-10H2,(H2,13,14);1H. The normalized spacial score (nSPS) is 20.7. The predicted octanol–water partition coefficient (Wildman–Crippen LogP) is 1.78. The zero-order valence-electron chi connectivity index (χ0n) is 10.8. The molecule has 0 aromatic carbocycles. The highest BCUT2D eigenvalue weighted by Gasteiger charge is 2.20. The number of hydrogen-bond acceptors (Lipinski definition) is 3. The third kappa shape index (κ3) is 6.47. The van der Waals surface area contributed by atoms with Crippen LogP contribution in [0.3, 0.4) is 0 Å². The van der Waals surface area contributed by atoms with Crippen LogP contribution in [0.5, 0.6) is 0 Å². The van der Waals surface area contributed by atoms with Gasteiger partial charge in [-0.2, -0.15) is 11.8 Å². The second kappa shape index (κ2) is 9.25. The molecule has 2 fully saturated rings. The molecule has 0 spiro atoms. The van der Waals surface area contributed by atoms with Crippen molar-refractivity contribution in [2.75, 3.05) is 44.4 Å². The number of nitrogens with zero attached hydrogens (tertiary/aromatic N) is 2. The quantitative estimate of drug-likeness (QED) is 0.328. The Kier molecular flexibility index (Phi) is 8.41. The van der Waals surface area contributed by atoms with Crippen LogP contribution in [0.1, 0.15) is 19.3 Å². The van der Waals surface area contributed by atoms with E-state index in [1.807, 2.05) is 11.8 Å². The van der Waals surface area contributed by atoms with E-state index >= 15 is 0 Å². The molecule has 0 radical (unpaired) electrons. The molecule has 1 saturated heterocycles. The molecule has 0 atom stereocenters. The largest absolute Gasteiger partial charge is 0.381 e. The molecule has 1 heterocycles. The van der Waals surface area contributed by atoms with Crippen LogP contribution in [0, 0.1) is 5.92 Å². The monoisotopic (exact) mass is 385 g/mol. The summed E-state index contributed by atoms with van der Waals surface area (Å²) in [5.74, 6) is 3.91. The third-order valence-corrected chi connectivity index (χ3v) is 4.05.